The Morgan fingerprint density at radius 2 is 1.40 bits per heavy atom. The maximum absolute atomic E-state index is 12.5. The fourth-order valence-corrected chi connectivity index (χ4v) is 4.77. The average Bonchev–Trinajstić information content (AvgIpc) is 3.10. The Kier molecular flexibility index (Phi) is 26.4. The van der Waals surface area contributed by atoms with Gasteiger partial charge in [-0.2, -0.15) is 0 Å². The number of thioether (sulfide) groups is 1. The molecule has 0 fully saturated rings. The Balaban J connectivity index is 2.16. The lowest BCUT2D eigenvalue weighted by atomic mass is 10.1. The molecular formula is C34H58N6O9S. The third kappa shape index (κ3) is 24.0. The number of nitrogens with one attached hydrogen (secondary N) is 4. The van der Waals surface area contributed by atoms with Crippen LogP contribution in [0.25, 0.3) is 0 Å². The topological polar surface area (TPSA) is 222 Å². The van der Waals surface area contributed by atoms with E-state index in [-0.39, 0.29) is 48.3 Å². The van der Waals surface area contributed by atoms with E-state index in [0.29, 0.717) is 102 Å². The number of carbonyl (C=O) groups is 5. The normalized spacial score (nSPS) is 12.1. The van der Waals surface area contributed by atoms with Gasteiger partial charge in [-0.1, -0.05) is 6.92 Å². The molecule has 1 aromatic carbocycles. The van der Waals surface area contributed by atoms with Crippen molar-refractivity contribution in [2.24, 2.45) is 11.5 Å². The van der Waals surface area contributed by atoms with E-state index in [1.165, 1.54) is 11.8 Å². The summed E-state index contributed by atoms with van der Waals surface area (Å²) in [7, 11) is 0. The molecule has 0 heterocycles. The molecule has 50 heavy (non-hydrogen) atoms. The second kappa shape index (κ2) is 29.5. The van der Waals surface area contributed by atoms with Gasteiger partial charge in [0.05, 0.1) is 44.2 Å². The number of amides is 5. The van der Waals surface area contributed by atoms with Crippen LogP contribution in [-0.2, 0) is 38.1 Å². The number of benzene rings is 1. The zero-order valence-corrected chi connectivity index (χ0v) is 30.5. The van der Waals surface area contributed by atoms with Crippen LogP contribution in [0.15, 0.2) is 24.3 Å². The Hall–Kier alpha value is -3.28. The molecule has 0 aliphatic carbocycles. The molecule has 2 unspecified atom stereocenters. The average molecular weight is 727 g/mol. The number of carbonyl (C=O) groups excluding carboxylic acids is 5. The molecule has 0 spiro atoms. The zero-order valence-electron chi connectivity index (χ0n) is 29.6. The van der Waals surface area contributed by atoms with Gasteiger partial charge in [-0.3, -0.25) is 24.0 Å². The first-order valence-electron chi connectivity index (χ1n) is 17.3. The number of rotatable bonds is 31. The lowest BCUT2D eigenvalue weighted by Crippen LogP contribution is -2.45. The largest absolute Gasteiger partial charge is 0.379 e. The summed E-state index contributed by atoms with van der Waals surface area (Å²) in [6, 6.07) is 5.64. The first kappa shape index (κ1) is 44.7. The molecule has 0 saturated heterocycles. The number of hydrogen-bond donors (Lipinski definition) is 6. The summed E-state index contributed by atoms with van der Waals surface area (Å²) in [5.41, 5.74) is 11.8. The fourth-order valence-electron chi connectivity index (χ4n) is 4.09. The zero-order chi connectivity index (χ0) is 36.8. The molecule has 0 aromatic heterocycles. The molecule has 8 N–H and O–H groups in total. The van der Waals surface area contributed by atoms with Crippen molar-refractivity contribution in [2.45, 2.75) is 77.4 Å². The number of primary amides is 1. The third-order valence-electron chi connectivity index (χ3n) is 7.16. The summed E-state index contributed by atoms with van der Waals surface area (Å²) in [5.74, 6) is -1.15. The molecule has 5 amide bonds. The van der Waals surface area contributed by atoms with Gasteiger partial charge in [0.25, 0.3) is 5.91 Å². The van der Waals surface area contributed by atoms with Crippen molar-refractivity contribution < 1.29 is 42.9 Å². The van der Waals surface area contributed by atoms with Crippen LogP contribution in [0.3, 0.4) is 0 Å². The first-order chi connectivity index (χ1) is 24.2. The van der Waals surface area contributed by atoms with E-state index in [1.807, 2.05) is 13.8 Å². The summed E-state index contributed by atoms with van der Waals surface area (Å²) in [4.78, 5) is 60.8. The molecule has 0 aliphatic rings. The van der Waals surface area contributed by atoms with E-state index in [2.05, 4.69) is 21.3 Å². The molecule has 16 heteroatoms. The van der Waals surface area contributed by atoms with Crippen LogP contribution in [0.2, 0.25) is 0 Å². The summed E-state index contributed by atoms with van der Waals surface area (Å²) in [5, 5.41) is 11.0. The van der Waals surface area contributed by atoms with Gasteiger partial charge >= 0.3 is 0 Å². The van der Waals surface area contributed by atoms with Crippen LogP contribution in [0.4, 0.5) is 5.69 Å². The van der Waals surface area contributed by atoms with Crippen LogP contribution in [-0.4, -0.2) is 113 Å². The van der Waals surface area contributed by atoms with Gasteiger partial charge in [0.2, 0.25) is 23.6 Å². The van der Waals surface area contributed by atoms with Crippen LogP contribution in [0, 0.1) is 0 Å². The van der Waals surface area contributed by atoms with E-state index >= 15 is 0 Å². The highest BCUT2D eigenvalue weighted by atomic mass is 32.2. The molecule has 0 aliphatic heterocycles. The van der Waals surface area contributed by atoms with E-state index in [4.69, 9.17) is 30.4 Å². The highest BCUT2D eigenvalue weighted by Crippen LogP contribution is 2.11. The summed E-state index contributed by atoms with van der Waals surface area (Å²) >= 11 is 1.33. The van der Waals surface area contributed by atoms with Crippen LogP contribution < -0.4 is 32.7 Å². The van der Waals surface area contributed by atoms with Crippen molar-refractivity contribution >= 4 is 47.0 Å². The second-order valence-corrected chi connectivity index (χ2v) is 12.4. The number of ether oxygens (including phenoxy) is 4. The predicted octanol–water partition coefficient (Wildman–Crippen LogP) is 1.69. The van der Waals surface area contributed by atoms with Crippen LogP contribution in [0.1, 0.15) is 75.6 Å². The molecule has 15 nitrogen and oxygen atoms in total. The third-order valence-corrected chi connectivity index (χ3v) is 7.93. The molecule has 0 bridgehead atoms. The fraction of sp³-hybridized carbons (Fsp3) is 0.676. The lowest BCUT2D eigenvalue weighted by molar-refractivity contribution is -0.126. The minimum absolute atomic E-state index is 0.0183. The minimum atomic E-state index is -0.781. The molecule has 0 saturated carbocycles. The lowest BCUT2D eigenvalue weighted by Gasteiger charge is -2.16. The van der Waals surface area contributed by atoms with Gasteiger partial charge in [-0.15, -0.1) is 11.8 Å². The molecule has 0 radical (unpaired) electrons. The standard InChI is InChI=1S/C34H58N6O9S/c1-3-26(2)49-25-50-24-32(43)40-29(33(36)44)8-4-5-16-38-34(45)27-9-11-28(12-10-27)39-31(42)14-13-30(41)37-17-7-19-47-21-23-48-22-20-46-18-6-15-35/h9-12,26,29H,3-8,13-25,35H2,1-2H3,(H2,36,44)(H,37,41)(H,38,45)(H,39,42)(H,40,43). The van der Waals surface area contributed by atoms with Gasteiger partial charge in [-0.25, -0.2) is 0 Å². The molecule has 2 atom stereocenters. The highest BCUT2D eigenvalue weighted by molar-refractivity contribution is 7.99. The van der Waals surface area contributed by atoms with Gasteiger partial charge in [0.15, 0.2) is 0 Å². The highest BCUT2D eigenvalue weighted by Gasteiger charge is 2.18. The smallest absolute Gasteiger partial charge is 0.251 e. The number of nitrogens with two attached hydrogens (primary N) is 2. The maximum Gasteiger partial charge on any atom is 0.251 e. The number of anilines is 1. The summed E-state index contributed by atoms with van der Waals surface area (Å²) in [6.07, 6.45) is 4.07. The van der Waals surface area contributed by atoms with E-state index in [9.17, 15) is 24.0 Å². The van der Waals surface area contributed by atoms with Crippen LogP contribution in [0.5, 0.6) is 0 Å². The van der Waals surface area contributed by atoms with Crippen molar-refractivity contribution in [3.05, 3.63) is 29.8 Å². The van der Waals surface area contributed by atoms with Gasteiger partial charge < -0.3 is 51.7 Å². The number of hydrogen-bond acceptors (Lipinski definition) is 11. The predicted molar refractivity (Wildman–Crippen MR) is 194 cm³/mol. The molecular weight excluding hydrogens is 668 g/mol. The van der Waals surface area contributed by atoms with Crippen LogP contribution >= 0.6 is 11.8 Å². The van der Waals surface area contributed by atoms with E-state index in [1.54, 1.807) is 24.3 Å². The van der Waals surface area contributed by atoms with Gasteiger partial charge in [0, 0.05) is 50.4 Å². The Morgan fingerprint density at radius 3 is 2.04 bits per heavy atom. The monoisotopic (exact) mass is 726 g/mol. The van der Waals surface area contributed by atoms with Gasteiger partial charge in [0.1, 0.15) is 6.04 Å². The maximum atomic E-state index is 12.5. The second-order valence-electron chi connectivity index (χ2n) is 11.4. The Labute approximate surface area is 300 Å². The SMILES string of the molecule is CCC(C)OCSCC(=O)NC(CCCCNC(=O)c1ccc(NC(=O)CCC(=O)NCCCOCCOCCOCCCN)cc1)C(N)=O. The van der Waals surface area contributed by atoms with E-state index < -0.39 is 11.9 Å². The number of unbranched alkanes of at least 4 members (excludes halogenated alkanes) is 1. The van der Waals surface area contributed by atoms with Gasteiger partial charge in [-0.05, 0) is 76.3 Å². The van der Waals surface area contributed by atoms with E-state index in [0.717, 1.165) is 12.8 Å². The molecule has 1 aromatic rings. The minimum Gasteiger partial charge on any atom is -0.379 e. The molecule has 1 rings (SSSR count). The first-order valence-corrected chi connectivity index (χ1v) is 18.5. The van der Waals surface area contributed by atoms with Crippen molar-refractivity contribution in [3.8, 4) is 0 Å². The summed E-state index contributed by atoms with van der Waals surface area (Å²) < 4.78 is 21.7. The Morgan fingerprint density at radius 1 is 0.780 bits per heavy atom. The quantitative estimate of drug-likeness (QED) is 0.0477. The van der Waals surface area contributed by atoms with Crippen molar-refractivity contribution in [3.63, 3.8) is 0 Å². The van der Waals surface area contributed by atoms with Crippen molar-refractivity contribution in [2.75, 3.05) is 76.3 Å². The van der Waals surface area contributed by atoms with Crippen molar-refractivity contribution in [1.82, 2.24) is 16.0 Å². The van der Waals surface area contributed by atoms with Crippen molar-refractivity contribution in [1.29, 1.82) is 0 Å². The Bertz CT molecular complexity index is 1110. The summed E-state index contributed by atoms with van der Waals surface area (Å²) in [6.45, 7) is 8.49. The molecule has 284 valence electrons.